The first-order chi connectivity index (χ1) is 15.4. The summed E-state index contributed by atoms with van der Waals surface area (Å²) >= 11 is 0. The number of rotatable bonds is 4. The third-order valence-corrected chi connectivity index (χ3v) is 8.41. The van der Waals surface area contributed by atoms with E-state index in [2.05, 4.69) is 4.98 Å². The minimum atomic E-state index is -0.710. The molecule has 6 nitrogen and oxygen atoms in total. The number of ether oxygens (including phenoxy) is 1. The zero-order chi connectivity index (χ0) is 21.9. The van der Waals surface area contributed by atoms with Gasteiger partial charge in [-0.25, -0.2) is 0 Å². The third kappa shape index (κ3) is 3.67. The molecule has 0 spiro atoms. The van der Waals surface area contributed by atoms with Crippen LogP contribution in [0.25, 0.3) is 10.9 Å². The van der Waals surface area contributed by atoms with Gasteiger partial charge in [-0.3, -0.25) is 9.78 Å². The fourth-order valence-electron chi connectivity index (χ4n) is 7.62. The van der Waals surface area contributed by atoms with E-state index < -0.39 is 11.7 Å². The van der Waals surface area contributed by atoms with Crippen LogP contribution in [-0.4, -0.2) is 56.9 Å². The molecule has 2 aromatic rings. The van der Waals surface area contributed by atoms with E-state index in [4.69, 9.17) is 4.74 Å². The predicted octanol–water partition coefficient (Wildman–Crippen LogP) is 3.30. The van der Waals surface area contributed by atoms with Crippen molar-refractivity contribution < 1.29 is 19.7 Å². The van der Waals surface area contributed by atoms with Gasteiger partial charge in [0.2, 0.25) is 5.91 Å². The molecule has 1 aromatic heterocycles. The molecular weight excluding hydrogens is 404 g/mol. The van der Waals surface area contributed by atoms with Crippen LogP contribution in [0, 0.1) is 17.3 Å². The van der Waals surface area contributed by atoms with Gasteiger partial charge in [-0.2, -0.15) is 0 Å². The Labute approximate surface area is 188 Å². The lowest BCUT2D eigenvalue weighted by Gasteiger charge is -2.60. The summed E-state index contributed by atoms with van der Waals surface area (Å²) in [6.45, 7) is 0.911. The molecule has 4 aliphatic carbocycles. The van der Waals surface area contributed by atoms with Crippen LogP contribution in [0.4, 0.5) is 0 Å². The highest BCUT2D eigenvalue weighted by atomic mass is 16.5. The summed E-state index contributed by atoms with van der Waals surface area (Å²) in [5.74, 6) is 2.01. The van der Waals surface area contributed by atoms with Crippen LogP contribution in [-0.2, 0) is 4.79 Å². The van der Waals surface area contributed by atoms with E-state index >= 15 is 0 Å². The Morgan fingerprint density at radius 2 is 2.00 bits per heavy atom. The van der Waals surface area contributed by atoms with Crippen molar-refractivity contribution in [3.8, 4) is 5.75 Å². The Morgan fingerprint density at radius 1 is 1.19 bits per heavy atom. The number of aliphatic hydroxyl groups is 2. The van der Waals surface area contributed by atoms with Gasteiger partial charge in [0.05, 0.1) is 17.7 Å². The molecule has 32 heavy (non-hydrogen) atoms. The first kappa shape index (κ1) is 20.4. The predicted molar refractivity (Wildman–Crippen MR) is 120 cm³/mol. The van der Waals surface area contributed by atoms with E-state index in [1.165, 1.54) is 6.42 Å². The first-order valence-corrected chi connectivity index (χ1v) is 12.1. The molecule has 4 saturated carbocycles. The standard InChI is InChI=1S/C26H32N2O4/c29-22-15-28(7-5-23(22)32-20-3-4-21-19(9-20)2-1-6-27-21)24(30)14-25-10-17-8-18(11-25)13-26(31,12-17)16-25/h1-4,6,9,17-18,22-23,29,31H,5,7-8,10-16H2/t17?,18?,22-,23-,25?,26?/m1/s1. The van der Waals surface area contributed by atoms with Crippen LogP contribution in [0.1, 0.15) is 51.4 Å². The second kappa shape index (κ2) is 7.42. The minimum absolute atomic E-state index is 0.0344. The summed E-state index contributed by atoms with van der Waals surface area (Å²) in [5, 5.41) is 22.8. The number of hydrogen-bond acceptors (Lipinski definition) is 5. The number of nitrogens with zero attached hydrogens (tertiary/aromatic N) is 2. The number of pyridine rings is 1. The number of aliphatic hydroxyl groups excluding tert-OH is 1. The van der Waals surface area contributed by atoms with E-state index in [0.29, 0.717) is 37.8 Å². The fraction of sp³-hybridized carbons (Fsp3) is 0.615. The zero-order valence-corrected chi connectivity index (χ0v) is 18.4. The van der Waals surface area contributed by atoms with E-state index in [1.54, 1.807) is 6.20 Å². The van der Waals surface area contributed by atoms with Crippen molar-refractivity contribution in [1.82, 2.24) is 9.88 Å². The molecule has 1 amide bonds. The Kier molecular flexibility index (Phi) is 4.74. The van der Waals surface area contributed by atoms with Gasteiger partial charge in [0.25, 0.3) is 0 Å². The van der Waals surface area contributed by atoms with Crippen LogP contribution in [0.3, 0.4) is 0 Å². The molecule has 2 heterocycles. The number of carbonyl (C=O) groups excluding carboxylic acids is 1. The van der Waals surface area contributed by atoms with E-state index in [0.717, 1.165) is 48.8 Å². The van der Waals surface area contributed by atoms with E-state index in [1.807, 2.05) is 35.2 Å². The average Bonchev–Trinajstić information content (AvgIpc) is 2.73. The van der Waals surface area contributed by atoms with Crippen molar-refractivity contribution in [2.24, 2.45) is 17.3 Å². The molecular formula is C26H32N2O4. The molecule has 170 valence electrons. The number of amides is 1. The maximum absolute atomic E-state index is 13.2. The number of fused-ring (bicyclic) bond motifs is 1. The normalized spacial score (nSPS) is 38.2. The summed E-state index contributed by atoms with van der Waals surface area (Å²) < 4.78 is 6.10. The summed E-state index contributed by atoms with van der Waals surface area (Å²) in [4.78, 5) is 19.4. The van der Waals surface area contributed by atoms with Gasteiger partial charge in [0.1, 0.15) is 18.0 Å². The molecule has 6 heteroatoms. The second-order valence-corrected chi connectivity index (χ2v) is 11.1. The molecule has 1 aliphatic heterocycles. The van der Waals surface area contributed by atoms with Crippen LogP contribution in [0.2, 0.25) is 0 Å². The monoisotopic (exact) mass is 436 g/mol. The van der Waals surface area contributed by atoms with Gasteiger partial charge >= 0.3 is 0 Å². The lowest BCUT2D eigenvalue weighted by Crippen LogP contribution is -2.57. The Balaban J connectivity index is 1.09. The number of aromatic nitrogens is 1. The molecule has 2 unspecified atom stereocenters. The number of likely N-dealkylation sites (tertiary alicyclic amines) is 1. The molecule has 1 aromatic carbocycles. The van der Waals surface area contributed by atoms with Crippen LogP contribution < -0.4 is 4.74 Å². The number of benzene rings is 1. The highest BCUT2D eigenvalue weighted by Crippen LogP contribution is 2.62. The summed E-state index contributed by atoms with van der Waals surface area (Å²) in [6, 6.07) is 9.65. The Bertz CT molecular complexity index is 1030. The van der Waals surface area contributed by atoms with Crippen LogP contribution >= 0.6 is 0 Å². The van der Waals surface area contributed by atoms with Gasteiger partial charge in [0, 0.05) is 31.0 Å². The van der Waals surface area contributed by atoms with Crippen molar-refractivity contribution in [3.05, 3.63) is 36.5 Å². The third-order valence-electron chi connectivity index (χ3n) is 8.41. The number of piperidine rings is 1. The maximum atomic E-state index is 13.2. The van der Waals surface area contributed by atoms with Gasteiger partial charge < -0.3 is 19.8 Å². The molecule has 5 aliphatic rings. The molecule has 0 radical (unpaired) electrons. The summed E-state index contributed by atoms with van der Waals surface area (Å²) in [5.41, 5.74) is 0.336. The van der Waals surface area contributed by atoms with Gasteiger partial charge in [-0.15, -0.1) is 0 Å². The maximum Gasteiger partial charge on any atom is 0.223 e. The van der Waals surface area contributed by atoms with Crippen molar-refractivity contribution in [3.63, 3.8) is 0 Å². The summed E-state index contributed by atoms with van der Waals surface area (Å²) in [7, 11) is 0. The number of β-amino-alcohol motifs (C(OH)–C–C–N with tert-alkyl or cyclic N) is 1. The highest BCUT2D eigenvalue weighted by Gasteiger charge is 2.57. The lowest BCUT2D eigenvalue weighted by atomic mass is 9.47. The molecule has 4 bridgehead atoms. The molecule has 5 fully saturated rings. The van der Waals surface area contributed by atoms with Crippen molar-refractivity contribution in [2.75, 3.05) is 13.1 Å². The first-order valence-electron chi connectivity index (χ1n) is 12.1. The zero-order valence-electron chi connectivity index (χ0n) is 18.4. The SMILES string of the molecule is O=C(CC12CC3CC(CC(O)(C3)C1)C2)N1CC[C@@H](Oc2ccc3ncccc3c2)[C@H](O)C1. The van der Waals surface area contributed by atoms with E-state index in [-0.39, 0.29) is 17.4 Å². The quantitative estimate of drug-likeness (QED) is 0.769. The Morgan fingerprint density at radius 3 is 2.75 bits per heavy atom. The smallest absolute Gasteiger partial charge is 0.223 e. The minimum Gasteiger partial charge on any atom is -0.488 e. The Hall–Kier alpha value is -2.18. The molecule has 4 atom stereocenters. The second-order valence-electron chi connectivity index (χ2n) is 11.1. The average molecular weight is 437 g/mol. The van der Waals surface area contributed by atoms with Gasteiger partial charge in [-0.05, 0) is 80.0 Å². The molecule has 7 rings (SSSR count). The highest BCUT2D eigenvalue weighted by molar-refractivity contribution is 5.79. The number of carbonyl (C=O) groups is 1. The van der Waals surface area contributed by atoms with Crippen molar-refractivity contribution >= 4 is 16.8 Å². The fourth-order valence-corrected chi connectivity index (χ4v) is 7.62. The van der Waals surface area contributed by atoms with E-state index in [9.17, 15) is 15.0 Å². The van der Waals surface area contributed by atoms with Crippen LogP contribution in [0.15, 0.2) is 36.5 Å². The van der Waals surface area contributed by atoms with Gasteiger partial charge in [0.15, 0.2) is 0 Å². The largest absolute Gasteiger partial charge is 0.488 e. The van der Waals surface area contributed by atoms with Crippen LogP contribution in [0.5, 0.6) is 5.75 Å². The van der Waals surface area contributed by atoms with Gasteiger partial charge in [-0.1, -0.05) is 6.07 Å². The summed E-state index contributed by atoms with van der Waals surface area (Å²) in [6.07, 6.45) is 7.86. The van der Waals surface area contributed by atoms with Crippen molar-refractivity contribution in [1.29, 1.82) is 0 Å². The number of hydrogen-bond donors (Lipinski definition) is 2. The van der Waals surface area contributed by atoms with Crippen molar-refractivity contribution in [2.45, 2.75) is 69.2 Å². The lowest BCUT2D eigenvalue weighted by molar-refractivity contribution is -0.173. The molecule has 2 N–H and O–H groups in total. The topological polar surface area (TPSA) is 82.9 Å². The molecule has 1 saturated heterocycles.